The molecule has 7 heteroatoms. The molecule has 1 aromatic heterocycles. The SMILES string of the molecule is O=C(O)NC1Cc2cc(Cl)ccc2-n2cnnc2C1. The zero-order valence-corrected chi connectivity index (χ0v) is 10.6. The molecule has 1 aromatic carbocycles. The van der Waals surface area contributed by atoms with Crippen LogP contribution in [0.4, 0.5) is 4.79 Å². The van der Waals surface area contributed by atoms with Crippen LogP contribution < -0.4 is 5.32 Å². The van der Waals surface area contributed by atoms with Gasteiger partial charge in [0.25, 0.3) is 0 Å². The molecule has 1 aliphatic rings. The van der Waals surface area contributed by atoms with Gasteiger partial charge >= 0.3 is 6.09 Å². The number of aromatic nitrogens is 3. The summed E-state index contributed by atoms with van der Waals surface area (Å²) in [5.41, 5.74) is 1.92. The summed E-state index contributed by atoms with van der Waals surface area (Å²) in [5.74, 6) is 0.736. The lowest BCUT2D eigenvalue weighted by Crippen LogP contribution is -2.36. The molecule has 0 saturated heterocycles. The number of nitrogens with zero attached hydrogens (tertiary/aromatic N) is 3. The number of carbonyl (C=O) groups is 1. The molecule has 2 aromatic rings. The van der Waals surface area contributed by atoms with Crippen molar-refractivity contribution in [2.24, 2.45) is 0 Å². The average Bonchev–Trinajstić information content (AvgIpc) is 2.71. The van der Waals surface area contributed by atoms with Crippen LogP contribution in [0.15, 0.2) is 24.5 Å². The van der Waals surface area contributed by atoms with Crippen LogP contribution in [-0.4, -0.2) is 32.0 Å². The first-order chi connectivity index (χ1) is 9.13. The maximum Gasteiger partial charge on any atom is 0.404 e. The van der Waals surface area contributed by atoms with Crippen LogP contribution in [0.3, 0.4) is 0 Å². The highest BCUT2D eigenvalue weighted by Crippen LogP contribution is 2.25. The third-order valence-corrected chi connectivity index (χ3v) is 3.38. The van der Waals surface area contributed by atoms with E-state index < -0.39 is 6.09 Å². The summed E-state index contributed by atoms with van der Waals surface area (Å²) in [6.07, 6.45) is 1.66. The number of fused-ring (bicyclic) bond motifs is 3. The Morgan fingerprint density at radius 1 is 1.47 bits per heavy atom. The Labute approximate surface area is 114 Å². The third-order valence-electron chi connectivity index (χ3n) is 3.14. The van der Waals surface area contributed by atoms with E-state index in [9.17, 15) is 4.79 Å². The minimum atomic E-state index is -1.04. The van der Waals surface area contributed by atoms with Gasteiger partial charge in [0, 0.05) is 17.5 Å². The van der Waals surface area contributed by atoms with Gasteiger partial charge in [0.05, 0.1) is 5.69 Å². The first-order valence-electron chi connectivity index (χ1n) is 5.80. The molecule has 0 spiro atoms. The van der Waals surface area contributed by atoms with Gasteiger partial charge in [-0.15, -0.1) is 10.2 Å². The molecule has 2 N–H and O–H groups in total. The van der Waals surface area contributed by atoms with Crippen LogP contribution in [0.5, 0.6) is 0 Å². The van der Waals surface area contributed by atoms with E-state index in [0.29, 0.717) is 17.9 Å². The third kappa shape index (κ3) is 2.26. The highest BCUT2D eigenvalue weighted by molar-refractivity contribution is 6.30. The number of hydrogen-bond acceptors (Lipinski definition) is 3. The minimum Gasteiger partial charge on any atom is -0.465 e. The summed E-state index contributed by atoms with van der Waals surface area (Å²) in [4.78, 5) is 10.8. The molecule has 1 amide bonds. The van der Waals surface area contributed by atoms with Crippen LogP contribution in [0.25, 0.3) is 5.69 Å². The first kappa shape index (κ1) is 12.0. The quantitative estimate of drug-likeness (QED) is 0.831. The summed E-state index contributed by atoms with van der Waals surface area (Å²) < 4.78 is 1.87. The molecule has 6 nitrogen and oxygen atoms in total. The van der Waals surface area contributed by atoms with Crippen molar-refractivity contribution in [3.8, 4) is 5.69 Å². The van der Waals surface area contributed by atoms with Crippen molar-refractivity contribution in [1.29, 1.82) is 0 Å². The lowest BCUT2D eigenvalue weighted by molar-refractivity contribution is 0.189. The van der Waals surface area contributed by atoms with E-state index in [0.717, 1.165) is 17.1 Å². The van der Waals surface area contributed by atoms with Gasteiger partial charge < -0.3 is 10.4 Å². The number of amides is 1. The molecule has 1 atom stereocenters. The first-order valence-corrected chi connectivity index (χ1v) is 6.18. The maximum absolute atomic E-state index is 10.8. The van der Waals surface area contributed by atoms with Crippen LogP contribution in [-0.2, 0) is 12.8 Å². The number of hydrogen-bond donors (Lipinski definition) is 2. The molecule has 19 heavy (non-hydrogen) atoms. The van der Waals surface area contributed by atoms with Crippen molar-refractivity contribution in [1.82, 2.24) is 20.1 Å². The molecule has 1 aliphatic heterocycles. The lowest BCUT2D eigenvalue weighted by atomic mass is 10.0. The van der Waals surface area contributed by atoms with Crippen molar-refractivity contribution in [2.75, 3.05) is 0 Å². The average molecular weight is 279 g/mol. The zero-order chi connectivity index (χ0) is 13.4. The molecule has 0 saturated carbocycles. The second-order valence-corrected chi connectivity index (χ2v) is 4.88. The van der Waals surface area contributed by atoms with Crippen LogP contribution >= 0.6 is 11.6 Å². The smallest absolute Gasteiger partial charge is 0.404 e. The highest BCUT2D eigenvalue weighted by Gasteiger charge is 2.23. The van der Waals surface area contributed by atoms with Gasteiger partial charge in [-0.3, -0.25) is 4.57 Å². The van der Waals surface area contributed by atoms with E-state index in [-0.39, 0.29) is 6.04 Å². The highest BCUT2D eigenvalue weighted by atomic mass is 35.5. The van der Waals surface area contributed by atoms with Crippen molar-refractivity contribution in [3.05, 3.63) is 40.9 Å². The van der Waals surface area contributed by atoms with E-state index in [1.54, 1.807) is 12.4 Å². The van der Waals surface area contributed by atoms with Crippen LogP contribution in [0, 0.1) is 0 Å². The van der Waals surface area contributed by atoms with E-state index in [1.165, 1.54) is 0 Å². The number of rotatable bonds is 1. The summed E-state index contributed by atoms with van der Waals surface area (Å²) in [6.45, 7) is 0. The molecule has 0 radical (unpaired) electrons. The van der Waals surface area contributed by atoms with Gasteiger partial charge in [-0.05, 0) is 30.2 Å². The Morgan fingerprint density at radius 2 is 2.32 bits per heavy atom. The number of halogens is 1. The monoisotopic (exact) mass is 278 g/mol. The summed E-state index contributed by atoms with van der Waals surface area (Å²) >= 11 is 6.01. The molecule has 0 bridgehead atoms. The molecule has 0 aliphatic carbocycles. The Bertz CT molecular complexity index is 640. The van der Waals surface area contributed by atoms with E-state index in [4.69, 9.17) is 16.7 Å². The standard InChI is InChI=1S/C12H11ClN4O2/c13-8-1-2-10-7(3-8)4-9(15-12(18)19)5-11-16-14-6-17(10)11/h1-3,6,9,15H,4-5H2,(H,18,19). The fourth-order valence-corrected chi connectivity index (χ4v) is 2.58. The molecule has 1 unspecified atom stereocenters. The number of benzene rings is 1. The van der Waals surface area contributed by atoms with E-state index >= 15 is 0 Å². The Hall–Kier alpha value is -2.08. The van der Waals surface area contributed by atoms with Crippen molar-refractivity contribution < 1.29 is 9.90 Å². The Kier molecular flexibility index (Phi) is 2.87. The Morgan fingerprint density at radius 3 is 3.11 bits per heavy atom. The predicted octanol–water partition coefficient (Wildman–Crippen LogP) is 1.66. The summed E-state index contributed by atoms with van der Waals surface area (Å²) in [6, 6.07) is 5.31. The predicted molar refractivity (Wildman–Crippen MR) is 68.7 cm³/mol. The largest absolute Gasteiger partial charge is 0.465 e. The maximum atomic E-state index is 10.8. The van der Waals surface area contributed by atoms with Crippen molar-refractivity contribution in [3.63, 3.8) is 0 Å². The molecule has 0 fully saturated rings. The second kappa shape index (κ2) is 4.55. The molecular formula is C12H11ClN4O2. The minimum absolute atomic E-state index is 0.236. The fraction of sp³-hybridized carbons (Fsp3) is 0.250. The molecule has 2 heterocycles. The molecule has 98 valence electrons. The van der Waals surface area contributed by atoms with Gasteiger partial charge in [-0.1, -0.05) is 11.6 Å². The molecular weight excluding hydrogens is 268 g/mol. The topological polar surface area (TPSA) is 80.0 Å². The van der Waals surface area contributed by atoms with E-state index in [1.807, 2.05) is 16.7 Å². The normalized spacial score (nSPS) is 17.2. The van der Waals surface area contributed by atoms with Crippen LogP contribution in [0.1, 0.15) is 11.4 Å². The summed E-state index contributed by atoms with van der Waals surface area (Å²) in [5, 5.41) is 19.9. The van der Waals surface area contributed by atoms with E-state index in [2.05, 4.69) is 15.5 Å². The number of carboxylic acid groups (broad SMARTS) is 1. The van der Waals surface area contributed by atoms with Gasteiger partial charge in [0.15, 0.2) is 0 Å². The second-order valence-electron chi connectivity index (χ2n) is 4.44. The van der Waals surface area contributed by atoms with Crippen molar-refractivity contribution >= 4 is 17.7 Å². The zero-order valence-electron chi connectivity index (χ0n) is 9.88. The van der Waals surface area contributed by atoms with Gasteiger partial charge in [-0.2, -0.15) is 0 Å². The fourth-order valence-electron chi connectivity index (χ4n) is 2.39. The van der Waals surface area contributed by atoms with Gasteiger partial charge in [-0.25, -0.2) is 4.79 Å². The van der Waals surface area contributed by atoms with Crippen molar-refractivity contribution in [2.45, 2.75) is 18.9 Å². The summed E-state index contributed by atoms with van der Waals surface area (Å²) in [7, 11) is 0. The molecule has 3 rings (SSSR count). The lowest BCUT2D eigenvalue weighted by Gasteiger charge is -2.13. The van der Waals surface area contributed by atoms with Gasteiger partial charge in [0.1, 0.15) is 12.2 Å². The van der Waals surface area contributed by atoms with Crippen LogP contribution in [0.2, 0.25) is 5.02 Å². The number of nitrogens with one attached hydrogen (secondary N) is 1. The van der Waals surface area contributed by atoms with Gasteiger partial charge in [0.2, 0.25) is 0 Å². The Balaban J connectivity index is 2.08.